The van der Waals surface area contributed by atoms with E-state index in [0.29, 0.717) is 13.2 Å². The van der Waals surface area contributed by atoms with Gasteiger partial charge in [-0.2, -0.15) is 0 Å². The second-order valence-corrected chi connectivity index (χ2v) is 2.02. The number of hydrogen-bond acceptors (Lipinski definition) is 3. The average molecular weight is 202 g/mol. The van der Waals surface area contributed by atoms with Crippen LogP contribution in [-0.2, 0) is 28.5 Å². The van der Waals surface area contributed by atoms with E-state index >= 15 is 0 Å². The van der Waals surface area contributed by atoms with Gasteiger partial charge in [0.2, 0.25) is 0 Å². The predicted molar refractivity (Wildman–Crippen MR) is 30.2 cm³/mol. The zero-order valence-corrected chi connectivity index (χ0v) is 9.65. The molecule has 0 bridgehead atoms. The maximum Gasteiger partial charge on any atom is 2.00 e. The van der Waals surface area contributed by atoms with Crippen molar-refractivity contribution in [2.24, 2.45) is 0 Å². The van der Waals surface area contributed by atoms with Crippen LogP contribution in [-0.4, -0.2) is 13.2 Å². The Morgan fingerprint density at radius 2 is 1.56 bits per heavy atom. The Kier molecular flexibility index (Phi) is 12.5. The van der Waals surface area contributed by atoms with Gasteiger partial charge in [0.1, 0.15) is 0 Å². The second kappa shape index (κ2) is 8.93. The fraction of sp³-hybridized carbons (Fsp3) is 1.00. The third-order valence-corrected chi connectivity index (χ3v) is 1.41. The Balaban J connectivity index is 0. The molecule has 0 aromatic rings. The maximum atomic E-state index is 10.3. The van der Waals surface area contributed by atoms with Crippen molar-refractivity contribution in [1.29, 1.82) is 0 Å². The zero-order valence-electron chi connectivity index (χ0n) is 5.79. The summed E-state index contributed by atoms with van der Waals surface area (Å²) in [5.41, 5.74) is 0. The SMILES string of the molecule is CCOP([O-])OCC.[Zn+2]. The smallest absolute Gasteiger partial charge is 0.786 e. The Labute approximate surface area is 69.5 Å². The molecule has 0 heterocycles. The Morgan fingerprint density at radius 1 is 1.22 bits per heavy atom. The molecule has 0 aliphatic carbocycles. The van der Waals surface area contributed by atoms with Gasteiger partial charge in [0, 0.05) is 13.2 Å². The molecule has 0 saturated heterocycles. The first-order chi connectivity index (χ1) is 3.81. The molecule has 5 heteroatoms. The van der Waals surface area contributed by atoms with Gasteiger partial charge in [-0.1, -0.05) is 0 Å². The summed E-state index contributed by atoms with van der Waals surface area (Å²) >= 11 is 0. The van der Waals surface area contributed by atoms with Gasteiger partial charge in [-0.15, -0.1) is 0 Å². The average Bonchev–Trinajstić information content (AvgIpc) is 1.68. The minimum Gasteiger partial charge on any atom is -0.786 e. The van der Waals surface area contributed by atoms with E-state index in [9.17, 15) is 4.89 Å². The van der Waals surface area contributed by atoms with E-state index in [0.717, 1.165) is 0 Å². The molecule has 0 saturated carbocycles. The van der Waals surface area contributed by atoms with Crippen molar-refractivity contribution in [1.82, 2.24) is 0 Å². The fourth-order valence-corrected chi connectivity index (χ4v) is 0.744. The van der Waals surface area contributed by atoms with Crippen LogP contribution in [0.3, 0.4) is 0 Å². The van der Waals surface area contributed by atoms with E-state index < -0.39 is 8.60 Å². The summed E-state index contributed by atoms with van der Waals surface area (Å²) in [5, 5.41) is 0. The largest absolute Gasteiger partial charge is 2.00 e. The summed E-state index contributed by atoms with van der Waals surface area (Å²) in [4.78, 5) is 10.3. The van der Waals surface area contributed by atoms with Gasteiger partial charge in [-0.25, -0.2) is 0 Å². The van der Waals surface area contributed by atoms with Crippen LogP contribution in [0.15, 0.2) is 0 Å². The summed E-state index contributed by atoms with van der Waals surface area (Å²) in [5.74, 6) is 0. The van der Waals surface area contributed by atoms with E-state index in [1.54, 1.807) is 13.8 Å². The first kappa shape index (κ1) is 12.6. The third-order valence-electron chi connectivity index (χ3n) is 0.469. The molecule has 9 heavy (non-hydrogen) atoms. The van der Waals surface area contributed by atoms with Gasteiger partial charge < -0.3 is 13.9 Å². The van der Waals surface area contributed by atoms with E-state index in [2.05, 4.69) is 9.05 Å². The van der Waals surface area contributed by atoms with Gasteiger partial charge in [0.15, 0.2) is 0 Å². The molecule has 0 aliphatic heterocycles. The zero-order chi connectivity index (χ0) is 6.41. The maximum absolute atomic E-state index is 10.3. The van der Waals surface area contributed by atoms with Gasteiger partial charge in [0.05, 0.1) is 8.60 Å². The summed E-state index contributed by atoms with van der Waals surface area (Å²) in [7, 11) is -1.83. The first-order valence-corrected chi connectivity index (χ1v) is 3.63. The van der Waals surface area contributed by atoms with Crippen LogP contribution in [0.5, 0.6) is 0 Å². The molecule has 0 amide bonds. The molecule has 50 valence electrons. The predicted octanol–water partition coefficient (Wildman–Crippen LogP) is 0.644. The van der Waals surface area contributed by atoms with Crippen LogP contribution < -0.4 is 4.89 Å². The van der Waals surface area contributed by atoms with Gasteiger partial charge in [-0.3, -0.25) is 0 Å². The van der Waals surface area contributed by atoms with Crippen LogP contribution in [0.25, 0.3) is 0 Å². The van der Waals surface area contributed by atoms with E-state index in [1.807, 2.05) is 0 Å². The van der Waals surface area contributed by atoms with Crippen molar-refractivity contribution in [2.75, 3.05) is 13.2 Å². The van der Waals surface area contributed by atoms with Gasteiger partial charge >= 0.3 is 19.5 Å². The third kappa shape index (κ3) is 8.93. The summed E-state index contributed by atoms with van der Waals surface area (Å²) in [6, 6.07) is 0. The quantitative estimate of drug-likeness (QED) is 0.496. The molecular formula is C4H10O3PZn+. The van der Waals surface area contributed by atoms with Crippen LogP contribution in [0.4, 0.5) is 0 Å². The molecule has 0 N–H and O–H groups in total. The minimum atomic E-state index is -1.83. The normalized spacial score (nSPS) is 9.33. The molecule has 0 rings (SSSR count). The molecule has 0 radical (unpaired) electrons. The second-order valence-electron chi connectivity index (χ2n) is 1.06. The van der Waals surface area contributed by atoms with Crippen molar-refractivity contribution >= 4 is 8.60 Å². The Hall–Kier alpha value is 0.933. The first-order valence-electron chi connectivity index (χ1n) is 2.54. The van der Waals surface area contributed by atoms with E-state index in [-0.39, 0.29) is 19.5 Å². The summed E-state index contributed by atoms with van der Waals surface area (Å²) < 4.78 is 9.14. The molecule has 0 aromatic carbocycles. The number of rotatable bonds is 4. The van der Waals surface area contributed by atoms with E-state index in [4.69, 9.17) is 0 Å². The summed E-state index contributed by atoms with van der Waals surface area (Å²) in [6.45, 7) is 4.42. The minimum absolute atomic E-state index is 0. The summed E-state index contributed by atoms with van der Waals surface area (Å²) in [6.07, 6.45) is 0. The molecule has 0 aliphatic rings. The molecule has 0 unspecified atom stereocenters. The van der Waals surface area contributed by atoms with Crippen LogP contribution in [0.2, 0.25) is 0 Å². The van der Waals surface area contributed by atoms with Crippen molar-refractivity contribution < 1.29 is 33.4 Å². The van der Waals surface area contributed by atoms with Crippen molar-refractivity contribution in [3.63, 3.8) is 0 Å². The van der Waals surface area contributed by atoms with Crippen molar-refractivity contribution in [3.8, 4) is 0 Å². The molecule has 3 nitrogen and oxygen atoms in total. The van der Waals surface area contributed by atoms with Gasteiger partial charge in [0.25, 0.3) is 0 Å². The molecule has 0 fully saturated rings. The molecular weight excluding hydrogens is 192 g/mol. The number of hydrogen-bond donors (Lipinski definition) is 0. The monoisotopic (exact) mass is 201 g/mol. The molecule has 0 aromatic heterocycles. The van der Waals surface area contributed by atoms with E-state index in [1.165, 1.54) is 0 Å². The topological polar surface area (TPSA) is 41.5 Å². The Bertz CT molecular complexity index is 49.1. The van der Waals surface area contributed by atoms with Crippen molar-refractivity contribution in [3.05, 3.63) is 0 Å². The van der Waals surface area contributed by atoms with Crippen LogP contribution in [0, 0.1) is 0 Å². The molecule has 0 spiro atoms. The van der Waals surface area contributed by atoms with Crippen LogP contribution >= 0.6 is 8.60 Å². The van der Waals surface area contributed by atoms with Crippen LogP contribution in [0.1, 0.15) is 13.8 Å². The fourth-order valence-electron chi connectivity index (χ4n) is 0.248. The van der Waals surface area contributed by atoms with Gasteiger partial charge in [-0.05, 0) is 13.8 Å². The molecule has 0 atom stereocenters. The Morgan fingerprint density at radius 3 is 1.78 bits per heavy atom. The standard InChI is InChI=1S/C4H10O3P.Zn/c1-3-6-8(5)7-4-2;/h3-4H2,1-2H3;/q-1;+2. The van der Waals surface area contributed by atoms with Crippen molar-refractivity contribution in [2.45, 2.75) is 13.8 Å².